The number of carbonyl (C=O) groups is 1. The molecule has 170 valence electrons. The zero-order valence-corrected chi connectivity index (χ0v) is 19.4. The van der Waals surface area contributed by atoms with Gasteiger partial charge >= 0.3 is 11.6 Å². The molecule has 3 aromatic rings. The maximum atomic E-state index is 12.9. The normalized spacial score (nSPS) is 12.6. The maximum absolute atomic E-state index is 12.9. The molecule has 1 N–H and O–H groups in total. The average Bonchev–Trinajstić information content (AvgIpc) is 2.75. The number of esters is 1. The monoisotopic (exact) mass is 457 g/mol. The van der Waals surface area contributed by atoms with Crippen LogP contribution < -0.4 is 15.1 Å². The molecule has 3 rings (SSSR count). The summed E-state index contributed by atoms with van der Waals surface area (Å²) in [4.78, 5) is 24.9. The first-order valence-corrected chi connectivity index (χ1v) is 12.0. The molecule has 1 heterocycles. The van der Waals surface area contributed by atoms with E-state index in [9.17, 15) is 18.0 Å². The highest BCUT2D eigenvalue weighted by molar-refractivity contribution is 7.89. The molecule has 7 nitrogen and oxygen atoms in total. The summed E-state index contributed by atoms with van der Waals surface area (Å²) in [5.74, 6) is -0.551. The molecule has 0 aliphatic carbocycles. The van der Waals surface area contributed by atoms with Crippen LogP contribution in [-0.4, -0.2) is 20.4 Å². The van der Waals surface area contributed by atoms with Gasteiger partial charge in [0, 0.05) is 17.0 Å². The van der Waals surface area contributed by atoms with Crippen LogP contribution in [-0.2, 0) is 14.8 Å². The lowest BCUT2D eigenvalue weighted by atomic mass is 10.1. The Morgan fingerprint density at radius 1 is 1.06 bits per heavy atom. The molecule has 8 heteroatoms. The minimum absolute atomic E-state index is 0.0794. The van der Waals surface area contributed by atoms with Gasteiger partial charge in [0.15, 0.2) is 0 Å². The quantitative estimate of drug-likeness (QED) is 0.310. The predicted molar refractivity (Wildman–Crippen MR) is 122 cm³/mol. The molecular formula is C24H27NO6S. The fourth-order valence-corrected chi connectivity index (χ4v) is 4.50. The number of hydrogen-bond donors (Lipinski definition) is 1. The second-order valence-electron chi connectivity index (χ2n) is 7.85. The summed E-state index contributed by atoms with van der Waals surface area (Å²) in [5, 5.41) is 0.740. The molecular weight excluding hydrogens is 430 g/mol. The third-order valence-corrected chi connectivity index (χ3v) is 6.89. The van der Waals surface area contributed by atoms with Gasteiger partial charge in [-0.2, -0.15) is 4.72 Å². The molecule has 32 heavy (non-hydrogen) atoms. The summed E-state index contributed by atoms with van der Waals surface area (Å²) >= 11 is 0. The van der Waals surface area contributed by atoms with Crippen LogP contribution in [0.25, 0.3) is 11.0 Å². The molecule has 1 atom stereocenters. The number of fused-ring (bicyclic) bond motifs is 1. The van der Waals surface area contributed by atoms with E-state index >= 15 is 0 Å². The first-order valence-electron chi connectivity index (χ1n) is 10.5. The smallest absolute Gasteiger partial charge is 0.339 e. The fraction of sp³-hybridized carbons (Fsp3) is 0.333. The first kappa shape index (κ1) is 23.7. The Morgan fingerprint density at radius 3 is 2.41 bits per heavy atom. The van der Waals surface area contributed by atoms with E-state index in [1.165, 1.54) is 18.2 Å². The van der Waals surface area contributed by atoms with E-state index in [4.69, 9.17) is 9.15 Å². The van der Waals surface area contributed by atoms with E-state index in [-0.39, 0.29) is 10.6 Å². The first-order chi connectivity index (χ1) is 15.1. The van der Waals surface area contributed by atoms with Crippen molar-refractivity contribution >= 4 is 27.0 Å². The Kier molecular flexibility index (Phi) is 7.16. The zero-order chi connectivity index (χ0) is 23.5. The van der Waals surface area contributed by atoms with Crippen molar-refractivity contribution in [2.45, 2.75) is 57.9 Å². The molecule has 1 aromatic heterocycles. The van der Waals surface area contributed by atoms with Crippen molar-refractivity contribution < 1.29 is 22.4 Å². The van der Waals surface area contributed by atoms with Gasteiger partial charge in [0.25, 0.3) is 0 Å². The summed E-state index contributed by atoms with van der Waals surface area (Å²) < 4.78 is 38.8. The zero-order valence-electron chi connectivity index (χ0n) is 18.6. The van der Waals surface area contributed by atoms with Crippen LogP contribution in [0.5, 0.6) is 5.75 Å². The number of rotatable bonds is 8. The second kappa shape index (κ2) is 9.67. The van der Waals surface area contributed by atoms with E-state index in [1.807, 2.05) is 20.8 Å². The van der Waals surface area contributed by atoms with Gasteiger partial charge in [0.05, 0.1) is 4.90 Å². The van der Waals surface area contributed by atoms with Gasteiger partial charge in [-0.05, 0) is 57.0 Å². The third-order valence-electron chi connectivity index (χ3n) is 5.41. The van der Waals surface area contributed by atoms with Crippen LogP contribution >= 0.6 is 0 Å². The lowest BCUT2D eigenvalue weighted by Gasteiger charge is -2.18. The summed E-state index contributed by atoms with van der Waals surface area (Å²) in [6.45, 7) is 7.32. The molecule has 0 fully saturated rings. The van der Waals surface area contributed by atoms with Gasteiger partial charge in [0.1, 0.15) is 17.4 Å². The summed E-state index contributed by atoms with van der Waals surface area (Å²) in [6, 6.07) is 10.1. The van der Waals surface area contributed by atoms with Gasteiger partial charge in [-0.3, -0.25) is 0 Å². The fourth-order valence-electron chi connectivity index (χ4n) is 3.29. The Hall–Kier alpha value is -2.97. The van der Waals surface area contributed by atoms with Crippen molar-refractivity contribution in [3.05, 3.63) is 69.6 Å². The van der Waals surface area contributed by atoms with Gasteiger partial charge < -0.3 is 9.15 Å². The Balaban J connectivity index is 1.85. The lowest BCUT2D eigenvalue weighted by molar-refractivity contribution is -0.136. The van der Waals surface area contributed by atoms with Crippen LogP contribution in [0.15, 0.2) is 56.6 Å². The highest BCUT2D eigenvalue weighted by Crippen LogP contribution is 2.24. The maximum Gasteiger partial charge on any atom is 0.339 e. The largest absolute Gasteiger partial charge is 0.425 e. The highest BCUT2D eigenvalue weighted by atomic mass is 32.2. The molecule has 0 saturated carbocycles. The minimum atomic E-state index is -3.91. The van der Waals surface area contributed by atoms with Crippen LogP contribution in [0.1, 0.15) is 42.9 Å². The van der Waals surface area contributed by atoms with E-state index < -0.39 is 27.7 Å². The SMILES string of the molecule is CCCCC(NS(=O)(=O)c1ccc(C)cc1)C(=O)Oc1ccc2c(C)c(C)c(=O)oc2c1. The average molecular weight is 458 g/mol. The summed E-state index contributed by atoms with van der Waals surface area (Å²) in [7, 11) is -3.91. The molecule has 0 aliphatic heterocycles. The number of aryl methyl sites for hydroxylation is 2. The molecule has 1 unspecified atom stereocenters. The van der Waals surface area contributed by atoms with Crippen molar-refractivity contribution in [3.63, 3.8) is 0 Å². The Bertz CT molecular complexity index is 1290. The van der Waals surface area contributed by atoms with Crippen LogP contribution in [0, 0.1) is 20.8 Å². The van der Waals surface area contributed by atoms with Crippen LogP contribution in [0.2, 0.25) is 0 Å². The van der Waals surface area contributed by atoms with E-state index in [2.05, 4.69) is 4.72 Å². The number of ether oxygens (including phenoxy) is 1. The number of carbonyl (C=O) groups excluding carboxylic acids is 1. The van der Waals surface area contributed by atoms with Crippen molar-refractivity contribution in [1.82, 2.24) is 4.72 Å². The minimum Gasteiger partial charge on any atom is -0.425 e. The Morgan fingerprint density at radius 2 is 1.75 bits per heavy atom. The van der Waals surface area contributed by atoms with E-state index in [0.29, 0.717) is 24.0 Å². The Labute approximate surface area is 187 Å². The number of benzene rings is 2. The van der Waals surface area contributed by atoms with Crippen LogP contribution in [0.3, 0.4) is 0 Å². The molecule has 0 saturated heterocycles. The number of hydrogen-bond acceptors (Lipinski definition) is 6. The molecule has 2 aromatic carbocycles. The topological polar surface area (TPSA) is 103 Å². The van der Waals surface area contributed by atoms with Gasteiger partial charge in [0.2, 0.25) is 10.0 Å². The highest BCUT2D eigenvalue weighted by Gasteiger charge is 2.27. The summed E-state index contributed by atoms with van der Waals surface area (Å²) in [5.41, 5.74) is 2.09. The van der Waals surface area contributed by atoms with Crippen molar-refractivity contribution in [3.8, 4) is 5.75 Å². The van der Waals surface area contributed by atoms with E-state index in [0.717, 1.165) is 22.9 Å². The second-order valence-corrected chi connectivity index (χ2v) is 9.56. The lowest BCUT2D eigenvalue weighted by Crippen LogP contribution is -2.42. The number of unbranched alkanes of at least 4 members (excludes halogenated alkanes) is 1. The van der Waals surface area contributed by atoms with Crippen LogP contribution in [0.4, 0.5) is 0 Å². The standard InChI is InChI=1S/C24H27NO6S/c1-5-6-7-21(25-32(28,29)19-11-8-15(2)9-12-19)24(27)30-18-10-13-20-16(3)17(4)23(26)31-22(20)14-18/h8-14,21,25H,5-7H2,1-4H3. The molecule has 0 radical (unpaired) electrons. The van der Waals surface area contributed by atoms with E-state index in [1.54, 1.807) is 31.2 Å². The van der Waals surface area contributed by atoms with Crippen molar-refractivity contribution in [2.75, 3.05) is 0 Å². The van der Waals surface area contributed by atoms with Gasteiger partial charge in [-0.25, -0.2) is 18.0 Å². The van der Waals surface area contributed by atoms with Gasteiger partial charge in [-0.1, -0.05) is 37.5 Å². The molecule has 0 bridgehead atoms. The third kappa shape index (κ3) is 5.26. The molecule has 0 aliphatic rings. The number of sulfonamides is 1. The summed E-state index contributed by atoms with van der Waals surface area (Å²) in [6.07, 6.45) is 1.72. The van der Waals surface area contributed by atoms with Crippen molar-refractivity contribution in [1.29, 1.82) is 0 Å². The van der Waals surface area contributed by atoms with Gasteiger partial charge in [-0.15, -0.1) is 0 Å². The molecule has 0 spiro atoms. The molecule has 0 amide bonds. The predicted octanol–water partition coefficient (Wildman–Crippen LogP) is 4.16. The number of nitrogens with one attached hydrogen (secondary N) is 1. The van der Waals surface area contributed by atoms with Crippen molar-refractivity contribution in [2.24, 2.45) is 0 Å².